The van der Waals surface area contributed by atoms with E-state index in [0.717, 1.165) is 18.2 Å². The van der Waals surface area contributed by atoms with Gasteiger partial charge in [0.2, 0.25) is 6.29 Å². The molecule has 2 fully saturated rings. The van der Waals surface area contributed by atoms with Gasteiger partial charge in [0, 0.05) is 12.1 Å². The predicted molar refractivity (Wildman–Crippen MR) is 137 cm³/mol. The van der Waals surface area contributed by atoms with Crippen molar-refractivity contribution in [3.63, 3.8) is 0 Å². The summed E-state index contributed by atoms with van der Waals surface area (Å²) in [6.45, 7) is 0.662. The molecule has 4 rings (SSSR count). The smallest absolute Gasteiger partial charge is 0.229 e. The topological polar surface area (TPSA) is 236 Å². The van der Waals surface area contributed by atoms with Crippen molar-refractivity contribution in [3.05, 3.63) is 53.6 Å². The Morgan fingerprint density at radius 3 is 2.10 bits per heavy atom. The molecule has 2 aliphatic rings. The fourth-order valence-corrected chi connectivity index (χ4v) is 4.46. The number of hydrogen-bond donors (Lipinski definition) is 9. The molecule has 0 aromatic heterocycles. The number of carbonyl (C=O) groups excluding carboxylic acids is 1. The van der Waals surface area contributed by atoms with Gasteiger partial charge in [-0.2, -0.15) is 0 Å². The molecule has 0 saturated carbocycles. The second-order valence-corrected chi connectivity index (χ2v) is 9.73. The van der Waals surface area contributed by atoms with Crippen LogP contribution in [-0.4, -0.2) is 120 Å². The quantitative estimate of drug-likeness (QED) is 0.131. The van der Waals surface area contributed by atoms with E-state index in [0.29, 0.717) is 5.56 Å². The Morgan fingerprint density at radius 1 is 0.854 bits per heavy atom. The third kappa shape index (κ3) is 6.62. The van der Waals surface area contributed by atoms with Crippen LogP contribution in [0, 0.1) is 0 Å². The molecule has 224 valence electrons. The lowest BCUT2D eigenvalue weighted by Gasteiger charge is -2.45. The molecule has 9 N–H and O–H groups in total. The van der Waals surface area contributed by atoms with Crippen molar-refractivity contribution in [2.75, 3.05) is 6.61 Å². The second kappa shape index (κ2) is 12.7. The molecule has 2 saturated heterocycles. The zero-order chi connectivity index (χ0) is 30.0. The highest BCUT2D eigenvalue weighted by atomic mass is 16.8. The molecule has 2 aromatic carbocycles. The first kappa shape index (κ1) is 30.6. The molecule has 2 aliphatic heterocycles. The van der Waals surface area contributed by atoms with E-state index in [1.807, 2.05) is 0 Å². The maximum Gasteiger partial charge on any atom is 0.229 e. The van der Waals surface area contributed by atoms with E-state index in [9.17, 15) is 50.8 Å². The molecular weight excluding hydrogens is 548 g/mol. The number of aromatic hydroxyl groups is 3. The van der Waals surface area contributed by atoms with Crippen molar-refractivity contribution in [1.82, 2.24) is 0 Å². The van der Waals surface area contributed by atoms with Gasteiger partial charge in [0.25, 0.3) is 0 Å². The van der Waals surface area contributed by atoms with E-state index in [-0.39, 0.29) is 11.5 Å². The maximum atomic E-state index is 12.7. The molecule has 0 bridgehead atoms. The number of benzene rings is 2. The van der Waals surface area contributed by atoms with Crippen LogP contribution < -0.4 is 4.74 Å². The minimum absolute atomic E-state index is 0.0367. The molecule has 14 heteroatoms. The highest BCUT2D eigenvalue weighted by Crippen LogP contribution is 2.36. The van der Waals surface area contributed by atoms with Crippen LogP contribution in [0.1, 0.15) is 22.8 Å². The summed E-state index contributed by atoms with van der Waals surface area (Å²) in [6, 6.07) is 7.87. The number of aliphatic hydroxyl groups excluding tert-OH is 6. The number of rotatable bonds is 8. The molecule has 14 nitrogen and oxygen atoms in total. The van der Waals surface area contributed by atoms with E-state index in [1.165, 1.54) is 25.1 Å². The van der Waals surface area contributed by atoms with Gasteiger partial charge in [0.05, 0.1) is 12.7 Å². The summed E-state index contributed by atoms with van der Waals surface area (Å²) in [5, 5.41) is 91.4. The summed E-state index contributed by atoms with van der Waals surface area (Å²) in [5.41, 5.74) is 0.118. The fourth-order valence-electron chi connectivity index (χ4n) is 4.46. The molecule has 0 amide bonds. The Bertz CT molecular complexity index is 1210. The van der Waals surface area contributed by atoms with Gasteiger partial charge in [0.1, 0.15) is 65.2 Å². The summed E-state index contributed by atoms with van der Waals surface area (Å²) in [7, 11) is 0. The lowest BCUT2D eigenvalue weighted by molar-refractivity contribution is -0.354. The zero-order valence-corrected chi connectivity index (χ0v) is 21.7. The number of aliphatic hydroxyl groups is 6. The standard InChI is InChI=1S/C27H32O14/c1-11-20(33)22(35)24(37)26(38-11)41-25-23(36)21(34)18(10-28)40-27(25)39-14-8-16(31)19(17(32)9-14)15(30)7-4-12-2-5-13(29)6-3-12/h2-9,11,18,20-29,31-37H,10H2,1H3. The molecule has 10 atom stereocenters. The molecule has 10 unspecified atom stereocenters. The van der Waals surface area contributed by atoms with E-state index in [1.54, 1.807) is 12.1 Å². The van der Waals surface area contributed by atoms with Gasteiger partial charge in [-0.3, -0.25) is 4.79 Å². The third-order valence-corrected chi connectivity index (χ3v) is 6.81. The van der Waals surface area contributed by atoms with Crippen molar-refractivity contribution in [2.24, 2.45) is 0 Å². The number of hydrogen-bond acceptors (Lipinski definition) is 14. The average molecular weight is 581 g/mol. The van der Waals surface area contributed by atoms with E-state index >= 15 is 0 Å². The lowest BCUT2D eigenvalue weighted by atomic mass is 9.97. The van der Waals surface area contributed by atoms with Crippen LogP contribution in [0.5, 0.6) is 23.0 Å². The zero-order valence-electron chi connectivity index (χ0n) is 21.7. The number of ketones is 1. The largest absolute Gasteiger partial charge is 0.508 e. The SMILES string of the molecule is CC1OC(OC2C(Oc3cc(O)c(C(=O)C=Cc4ccc(O)cc4)c(O)c3)OC(CO)C(O)C2O)C(O)C(O)C1O. The van der Waals surface area contributed by atoms with Gasteiger partial charge in [-0.15, -0.1) is 0 Å². The molecule has 41 heavy (non-hydrogen) atoms. The highest BCUT2D eigenvalue weighted by molar-refractivity contribution is 6.10. The van der Waals surface area contributed by atoms with E-state index in [4.69, 9.17) is 18.9 Å². The summed E-state index contributed by atoms with van der Waals surface area (Å²) < 4.78 is 22.2. The third-order valence-electron chi connectivity index (χ3n) is 6.81. The van der Waals surface area contributed by atoms with Gasteiger partial charge in [0.15, 0.2) is 18.2 Å². The van der Waals surface area contributed by atoms with Crippen molar-refractivity contribution in [2.45, 2.75) is 68.3 Å². The average Bonchev–Trinajstić information content (AvgIpc) is 2.93. The van der Waals surface area contributed by atoms with E-state index in [2.05, 4.69) is 0 Å². The van der Waals surface area contributed by atoms with Crippen LogP contribution in [0.25, 0.3) is 6.08 Å². The molecule has 0 spiro atoms. The van der Waals surface area contributed by atoms with Crippen LogP contribution in [0.4, 0.5) is 0 Å². The van der Waals surface area contributed by atoms with Gasteiger partial charge in [-0.25, -0.2) is 0 Å². The Hall–Kier alpha value is -3.31. The van der Waals surface area contributed by atoms with Gasteiger partial charge >= 0.3 is 0 Å². The van der Waals surface area contributed by atoms with Crippen LogP contribution >= 0.6 is 0 Å². The van der Waals surface area contributed by atoms with Crippen LogP contribution in [0.3, 0.4) is 0 Å². The van der Waals surface area contributed by atoms with E-state index < -0.39 is 90.9 Å². The van der Waals surface area contributed by atoms with Gasteiger partial charge in [-0.1, -0.05) is 18.2 Å². The number of carbonyl (C=O) groups is 1. The van der Waals surface area contributed by atoms with Crippen molar-refractivity contribution in [1.29, 1.82) is 0 Å². The van der Waals surface area contributed by atoms with Crippen LogP contribution in [0.15, 0.2) is 42.5 Å². The molecule has 0 radical (unpaired) electrons. The first-order chi connectivity index (χ1) is 19.4. The predicted octanol–water partition coefficient (Wildman–Crippen LogP) is -1.27. The number of allylic oxidation sites excluding steroid dienone is 1. The fraction of sp³-hybridized carbons (Fsp3) is 0.444. The Kier molecular flexibility index (Phi) is 9.48. The molecule has 0 aliphatic carbocycles. The minimum Gasteiger partial charge on any atom is -0.508 e. The molecule has 2 aromatic rings. The summed E-state index contributed by atoms with van der Waals surface area (Å²) in [5.74, 6) is -2.34. The maximum absolute atomic E-state index is 12.7. The van der Waals surface area contributed by atoms with Crippen LogP contribution in [-0.2, 0) is 14.2 Å². The first-order valence-corrected chi connectivity index (χ1v) is 12.6. The van der Waals surface area contributed by atoms with Crippen molar-refractivity contribution < 1.29 is 69.7 Å². The second-order valence-electron chi connectivity index (χ2n) is 9.73. The molecular formula is C27H32O14. The monoisotopic (exact) mass is 580 g/mol. The number of phenols is 3. The highest BCUT2D eigenvalue weighted by Gasteiger charge is 2.50. The van der Waals surface area contributed by atoms with Crippen molar-refractivity contribution >= 4 is 11.9 Å². The number of phenolic OH excluding ortho intramolecular Hbond substituents is 3. The Labute approximate surface area is 233 Å². The normalized spacial score (nSPS) is 34.0. The molecule has 2 heterocycles. The number of ether oxygens (including phenoxy) is 4. The minimum atomic E-state index is -1.78. The lowest BCUT2D eigenvalue weighted by Crippen LogP contribution is -2.64. The van der Waals surface area contributed by atoms with Crippen molar-refractivity contribution in [3.8, 4) is 23.0 Å². The summed E-state index contributed by atoms with van der Waals surface area (Å²) in [6.07, 6.45) is -13.1. The van der Waals surface area contributed by atoms with Gasteiger partial charge in [-0.05, 0) is 30.7 Å². The van der Waals surface area contributed by atoms with Crippen LogP contribution in [0.2, 0.25) is 0 Å². The first-order valence-electron chi connectivity index (χ1n) is 12.6. The summed E-state index contributed by atoms with van der Waals surface area (Å²) >= 11 is 0. The Morgan fingerprint density at radius 2 is 1.49 bits per heavy atom. The summed E-state index contributed by atoms with van der Waals surface area (Å²) in [4.78, 5) is 12.7. The van der Waals surface area contributed by atoms with Gasteiger partial charge < -0.3 is 64.9 Å². The Balaban J connectivity index is 1.55.